The average molecular weight is 226 g/mol. The average Bonchev–Trinajstić information content (AvgIpc) is 2.67. The lowest BCUT2D eigenvalue weighted by atomic mass is 9.96. The van der Waals surface area contributed by atoms with Crippen LogP contribution < -0.4 is 5.73 Å². The third kappa shape index (κ3) is 2.32. The van der Waals surface area contributed by atoms with E-state index in [9.17, 15) is 4.79 Å². The molecule has 1 saturated heterocycles. The molecule has 0 aromatic carbocycles. The van der Waals surface area contributed by atoms with Crippen molar-refractivity contribution in [3.05, 3.63) is 11.1 Å². The van der Waals surface area contributed by atoms with Gasteiger partial charge in [-0.05, 0) is 23.9 Å². The van der Waals surface area contributed by atoms with E-state index in [1.54, 1.807) is 4.90 Å². The van der Waals surface area contributed by atoms with Crippen LogP contribution in [-0.4, -0.2) is 39.5 Å². The van der Waals surface area contributed by atoms with Crippen LogP contribution in [0.25, 0.3) is 0 Å². The number of amides is 1. The van der Waals surface area contributed by atoms with Crippen LogP contribution in [0.4, 0.5) is 0 Å². The number of likely N-dealkylation sites (tertiary alicyclic amines) is 1. The quantitative estimate of drug-likeness (QED) is 0.750. The van der Waals surface area contributed by atoms with E-state index in [2.05, 4.69) is 16.5 Å². The maximum Gasteiger partial charge on any atom is 0.267 e. The van der Waals surface area contributed by atoms with Crippen molar-refractivity contribution in [2.45, 2.75) is 19.4 Å². The Morgan fingerprint density at radius 3 is 3.07 bits per heavy atom. The number of piperidine rings is 1. The molecule has 0 bridgehead atoms. The second-order valence-electron chi connectivity index (χ2n) is 4.09. The van der Waals surface area contributed by atoms with Crippen molar-refractivity contribution in [3.63, 3.8) is 0 Å². The number of hydrogen-bond acceptors (Lipinski definition) is 5. The first-order chi connectivity index (χ1) is 7.16. The summed E-state index contributed by atoms with van der Waals surface area (Å²) in [6.45, 7) is 3.54. The first-order valence-corrected chi connectivity index (χ1v) is 5.76. The molecular weight excluding hydrogens is 212 g/mol. The van der Waals surface area contributed by atoms with Crippen molar-refractivity contribution < 1.29 is 4.79 Å². The summed E-state index contributed by atoms with van der Waals surface area (Å²) >= 11 is 1.13. The molecule has 1 aromatic heterocycles. The van der Waals surface area contributed by atoms with Gasteiger partial charge < -0.3 is 10.6 Å². The Morgan fingerprint density at radius 2 is 2.47 bits per heavy atom. The summed E-state index contributed by atoms with van der Waals surface area (Å²) in [5.41, 5.74) is 5.88. The minimum absolute atomic E-state index is 0.00648. The monoisotopic (exact) mass is 226 g/mol. The standard InChI is InChI=1S/C9H14N4OS/c1-6-2-7(10)5-13(4-6)9(14)8-3-11-12-15-8/h3,6-7H,2,4-5,10H2,1H3. The molecule has 0 spiro atoms. The van der Waals surface area contributed by atoms with E-state index in [0.29, 0.717) is 17.3 Å². The van der Waals surface area contributed by atoms with Gasteiger partial charge in [-0.3, -0.25) is 4.79 Å². The highest BCUT2D eigenvalue weighted by atomic mass is 32.1. The van der Waals surface area contributed by atoms with E-state index in [4.69, 9.17) is 5.73 Å². The molecule has 0 radical (unpaired) electrons. The highest BCUT2D eigenvalue weighted by Gasteiger charge is 2.27. The molecule has 6 heteroatoms. The van der Waals surface area contributed by atoms with Crippen LogP contribution >= 0.6 is 11.5 Å². The Hall–Kier alpha value is -1.01. The van der Waals surface area contributed by atoms with Crippen LogP contribution in [0, 0.1) is 5.92 Å². The number of aromatic nitrogens is 2. The summed E-state index contributed by atoms with van der Waals surface area (Å²) in [5.74, 6) is 0.477. The van der Waals surface area contributed by atoms with Gasteiger partial charge >= 0.3 is 0 Å². The van der Waals surface area contributed by atoms with Crippen molar-refractivity contribution in [2.75, 3.05) is 13.1 Å². The van der Waals surface area contributed by atoms with Crippen molar-refractivity contribution in [3.8, 4) is 0 Å². The zero-order chi connectivity index (χ0) is 10.8. The molecule has 5 nitrogen and oxygen atoms in total. The van der Waals surface area contributed by atoms with Gasteiger partial charge in [0.05, 0.1) is 6.20 Å². The van der Waals surface area contributed by atoms with Gasteiger partial charge in [-0.15, -0.1) is 5.10 Å². The lowest BCUT2D eigenvalue weighted by Crippen LogP contribution is -2.48. The molecule has 1 amide bonds. The van der Waals surface area contributed by atoms with Crippen LogP contribution in [-0.2, 0) is 0 Å². The van der Waals surface area contributed by atoms with Crippen molar-refractivity contribution in [2.24, 2.45) is 11.7 Å². The SMILES string of the molecule is CC1CC(N)CN(C(=O)c2cnns2)C1. The summed E-state index contributed by atoms with van der Waals surface area (Å²) in [4.78, 5) is 14.3. The summed E-state index contributed by atoms with van der Waals surface area (Å²) in [7, 11) is 0. The Bertz CT molecular complexity index is 330. The molecule has 82 valence electrons. The van der Waals surface area contributed by atoms with E-state index in [1.165, 1.54) is 6.20 Å². The summed E-state index contributed by atoms with van der Waals surface area (Å²) in [6, 6.07) is 0.0959. The van der Waals surface area contributed by atoms with E-state index in [-0.39, 0.29) is 11.9 Å². The lowest BCUT2D eigenvalue weighted by Gasteiger charge is -2.34. The van der Waals surface area contributed by atoms with Gasteiger partial charge in [0.25, 0.3) is 5.91 Å². The number of carbonyl (C=O) groups is 1. The van der Waals surface area contributed by atoms with E-state index < -0.39 is 0 Å². The second kappa shape index (κ2) is 4.24. The molecule has 2 atom stereocenters. The summed E-state index contributed by atoms with van der Waals surface area (Å²) in [6.07, 6.45) is 2.50. The molecular formula is C9H14N4OS. The van der Waals surface area contributed by atoms with E-state index in [0.717, 1.165) is 24.5 Å². The summed E-state index contributed by atoms with van der Waals surface area (Å²) in [5, 5.41) is 3.67. The predicted octanol–water partition coefficient (Wildman–Crippen LogP) is 0.347. The predicted molar refractivity (Wildman–Crippen MR) is 57.6 cm³/mol. The number of carbonyl (C=O) groups excluding carboxylic acids is 1. The molecule has 2 N–H and O–H groups in total. The number of hydrogen-bond donors (Lipinski definition) is 1. The molecule has 2 unspecified atom stereocenters. The minimum Gasteiger partial charge on any atom is -0.336 e. The van der Waals surface area contributed by atoms with Crippen LogP contribution in [0.15, 0.2) is 6.20 Å². The van der Waals surface area contributed by atoms with E-state index in [1.807, 2.05) is 0 Å². The Labute approximate surface area is 92.4 Å². The molecule has 1 aliphatic rings. The highest BCUT2D eigenvalue weighted by molar-refractivity contribution is 7.07. The molecule has 1 fully saturated rings. The largest absolute Gasteiger partial charge is 0.336 e. The first-order valence-electron chi connectivity index (χ1n) is 4.99. The Kier molecular flexibility index (Phi) is 2.97. The number of rotatable bonds is 1. The van der Waals surface area contributed by atoms with Crippen molar-refractivity contribution in [1.82, 2.24) is 14.5 Å². The fourth-order valence-corrected chi connectivity index (χ4v) is 2.47. The molecule has 0 aliphatic carbocycles. The lowest BCUT2D eigenvalue weighted by molar-refractivity contribution is 0.0665. The Morgan fingerprint density at radius 1 is 1.67 bits per heavy atom. The zero-order valence-corrected chi connectivity index (χ0v) is 9.41. The van der Waals surface area contributed by atoms with Crippen LogP contribution in [0.5, 0.6) is 0 Å². The minimum atomic E-state index is 0.00648. The summed E-state index contributed by atoms with van der Waals surface area (Å²) < 4.78 is 3.69. The van der Waals surface area contributed by atoms with Gasteiger partial charge in [0.1, 0.15) is 4.88 Å². The van der Waals surface area contributed by atoms with Crippen molar-refractivity contribution >= 4 is 17.4 Å². The molecule has 1 aliphatic heterocycles. The van der Waals surface area contributed by atoms with Gasteiger partial charge in [-0.1, -0.05) is 11.4 Å². The first kappa shape index (κ1) is 10.5. The van der Waals surface area contributed by atoms with Crippen LogP contribution in [0.1, 0.15) is 23.0 Å². The topological polar surface area (TPSA) is 72.1 Å². The van der Waals surface area contributed by atoms with Gasteiger partial charge in [-0.2, -0.15) is 0 Å². The molecule has 0 saturated carbocycles. The normalized spacial score (nSPS) is 26.7. The number of nitrogens with zero attached hydrogens (tertiary/aromatic N) is 3. The van der Waals surface area contributed by atoms with Crippen LogP contribution in [0.2, 0.25) is 0 Å². The molecule has 2 rings (SSSR count). The fourth-order valence-electron chi connectivity index (χ4n) is 1.98. The smallest absolute Gasteiger partial charge is 0.267 e. The van der Waals surface area contributed by atoms with Gasteiger partial charge in [0.2, 0.25) is 0 Å². The Balaban J connectivity index is 2.07. The maximum absolute atomic E-state index is 12.0. The zero-order valence-electron chi connectivity index (χ0n) is 8.59. The highest BCUT2D eigenvalue weighted by Crippen LogP contribution is 2.18. The maximum atomic E-state index is 12.0. The molecule has 15 heavy (non-hydrogen) atoms. The van der Waals surface area contributed by atoms with Gasteiger partial charge in [-0.25, -0.2) is 0 Å². The van der Waals surface area contributed by atoms with Gasteiger partial charge in [0, 0.05) is 19.1 Å². The van der Waals surface area contributed by atoms with E-state index >= 15 is 0 Å². The fraction of sp³-hybridized carbons (Fsp3) is 0.667. The third-order valence-electron chi connectivity index (χ3n) is 2.55. The molecule has 1 aromatic rings. The number of nitrogens with two attached hydrogens (primary N) is 1. The molecule has 2 heterocycles. The van der Waals surface area contributed by atoms with Gasteiger partial charge in [0.15, 0.2) is 0 Å². The second-order valence-corrected chi connectivity index (χ2v) is 4.88. The van der Waals surface area contributed by atoms with Crippen LogP contribution in [0.3, 0.4) is 0 Å². The van der Waals surface area contributed by atoms with Crippen molar-refractivity contribution in [1.29, 1.82) is 0 Å². The third-order valence-corrected chi connectivity index (χ3v) is 3.20.